The van der Waals surface area contributed by atoms with Crippen molar-refractivity contribution in [1.29, 1.82) is 0 Å². The third-order valence-corrected chi connectivity index (χ3v) is 5.03. The summed E-state index contributed by atoms with van der Waals surface area (Å²) in [5, 5.41) is 1.72. The molecule has 0 aliphatic carbocycles. The summed E-state index contributed by atoms with van der Waals surface area (Å²) >= 11 is 6.00. The molecular formula is C15H21ClN2O2S. The monoisotopic (exact) mass is 328 g/mol. The van der Waals surface area contributed by atoms with Crippen molar-refractivity contribution in [2.75, 3.05) is 26.7 Å². The molecule has 0 spiro atoms. The van der Waals surface area contributed by atoms with Crippen molar-refractivity contribution in [2.24, 2.45) is 5.92 Å². The van der Waals surface area contributed by atoms with Crippen molar-refractivity contribution in [1.82, 2.24) is 9.62 Å². The quantitative estimate of drug-likeness (QED) is 0.903. The second kappa shape index (κ2) is 7.40. The molecule has 4 nitrogen and oxygen atoms in total. The lowest BCUT2D eigenvalue weighted by Crippen LogP contribution is -2.38. The molecule has 1 aromatic carbocycles. The minimum absolute atomic E-state index is 0.382. The molecule has 1 fully saturated rings. The van der Waals surface area contributed by atoms with Gasteiger partial charge in [0.2, 0.25) is 10.0 Å². The molecule has 0 aromatic heterocycles. The SMILES string of the molecule is CN1CCCC(CNS(=O)(=O)/C=C/c2ccccc2Cl)C1. The molecule has 1 aliphatic rings. The van der Waals surface area contributed by atoms with Crippen LogP contribution in [0.1, 0.15) is 18.4 Å². The molecular weight excluding hydrogens is 308 g/mol. The normalized spacial score (nSPS) is 21.0. The highest BCUT2D eigenvalue weighted by Crippen LogP contribution is 2.17. The van der Waals surface area contributed by atoms with Crippen LogP contribution in [0, 0.1) is 5.92 Å². The zero-order valence-electron chi connectivity index (χ0n) is 12.1. The van der Waals surface area contributed by atoms with Crippen LogP contribution in [-0.2, 0) is 10.0 Å². The smallest absolute Gasteiger partial charge is 0.233 e. The van der Waals surface area contributed by atoms with E-state index in [1.54, 1.807) is 12.1 Å². The van der Waals surface area contributed by atoms with E-state index in [-0.39, 0.29) is 0 Å². The Morgan fingerprint density at radius 2 is 2.19 bits per heavy atom. The average molecular weight is 329 g/mol. The van der Waals surface area contributed by atoms with Gasteiger partial charge in [-0.2, -0.15) is 0 Å². The molecule has 1 aromatic rings. The number of rotatable bonds is 5. The Balaban J connectivity index is 1.91. The molecule has 1 aliphatic heterocycles. The minimum atomic E-state index is -3.42. The van der Waals surface area contributed by atoms with Crippen LogP contribution in [-0.4, -0.2) is 40.0 Å². The molecule has 0 radical (unpaired) electrons. The summed E-state index contributed by atoms with van der Waals surface area (Å²) in [6, 6.07) is 7.15. The number of sulfonamides is 1. The van der Waals surface area contributed by atoms with Gasteiger partial charge in [-0.15, -0.1) is 0 Å². The highest BCUT2D eigenvalue weighted by atomic mass is 35.5. The van der Waals surface area contributed by atoms with Crippen LogP contribution in [0.2, 0.25) is 5.02 Å². The first-order chi connectivity index (χ1) is 9.96. The third kappa shape index (κ3) is 5.43. The topological polar surface area (TPSA) is 49.4 Å². The molecule has 6 heteroatoms. The van der Waals surface area contributed by atoms with Crippen LogP contribution < -0.4 is 4.72 Å². The summed E-state index contributed by atoms with van der Waals surface area (Å²) in [7, 11) is -1.35. The summed E-state index contributed by atoms with van der Waals surface area (Å²) in [4.78, 5) is 2.24. The van der Waals surface area contributed by atoms with E-state index in [2.05, 4.69) is 16.7 Å². The van der Waals surface area contributed by atoms with Gasteiger partial charge in [-0.1, -0.05) is 29.8 Å². The summed E-state index contributed by atoms with van der Waals surface area (Å²) in [5.74, 6) is 0.382. The van der Waals surface area contributed by atoms with Gasteiger partial charge in [-0.3, -0.25) is 0 Å². The molecule has 1 heterocycles. The van der Waals surface area contributed by atoms with E-state index in [1.807, 2.05) is 12.1 Å². The van der Waals surface area contributed by atoms with Crippen LogP contribution in [0.3, 0.4) is 0 Å². The minimum Gasteiger partial charge on any atom is -0.306 e. The molecule has 1 saturated heterocycles. The molecule has 1 atom stereocenters. The number of likely N-dealkylation sites (tertiary alicyclic amines) is 1. The van der Waals surface area contributed by atoms with Crippen LogP contribution in [0.5, 0.6) is 0 Å². The summed E-state index contributed by atoms with van der Waals surface area (Å²) in [5.41, 5.74) is 0.696. The summed E-state index contributed by atoms with van der Waals surface area (Å²) in [6.45, 7) is 2.52. The van der Waals surface area contributed by atoms with E-state index in [0.29, 0.717) is 23.0 Å². The first kappa shape index (κ1) is 16.5. The summed E-state index contributed by atoms with van der Waals surface area (Å²) in [6.07, 6.45) is 3.72. The maximum Gasteiger partial charge on any atom is 0.233 e. The van der Waals surface area contributed by atoms with Crippen LogP contribution in [0.15, 0.2) is 29.7 Å². The van der Waals surface area contributed by atoms with E-state index < -0.39 is 10.0 Å². The third-order valence-electron chi connectivity index (χ3n) is 3.63. The van der Waals surface area contributed by atoms with Crippen molar-refractivity contribution in [3.05, 3.63) is 40.3 Å². The van der Waals surface area contributed by atoms with Gasteiger partial charge in [-0.25, -0.2) is 13.1 Å². The highest BCUT2D eigenvalue weighted by molar-refractivity contribution is 7.92. The number of hydrogen-bond donors (Lipinski definition) is 1. The number of nitrogens with one attached hydrogen (secondary N) is 1. The fourth-order valence-electron chi connectivity index (χ4n) is 2.50. The second-order valence-electron chi connectivity index (χ2n) is 5.49. The van der Waals surface area contributed by atoms with E-state index in [4.69, 9.17) is 11.6 Å². The zero-order valence-corrected chi connectivity index (χ0v) is 13.7. The zero-order chi connectivity index (χ0) is 15.3. The maximum absolute atomic E-state index is 12.0. The van der Waals surface area contributed by atoms with Gasteiger partial charge >= 0.3 is 0 Å². The second-order valence-corrected chi connectivity index (χ2v) is 7.55. The Labute approximate surface area is 131 Å². The predicted octanol–water partition coefficient (Wildman–Crippen LogP) is 2.57. The van der Waals surface area contributed by atoms with E-state index >= 15 is 0 Å². The molecule has 0 saturated carbocycles. The fourth-order valence-corrected chi connectivity index (χ4v) is 3.58. The summed E-state index contributed by atoms with van der Waals surface area (Å²) < 4.78 is 26.6. The van der Waals surface area contributed by atoms with Gasteiger partial charge in [0, 0.05) is 23.5 Å². The Morgan fingerprint density at radius 1 is 1.43 bits per heavy atom. The lowest BCUT2D eigenvalue weighted by atomic mass is 9.99. The van der Waals surface area contributed by atoms with Crippen LogP contribution in [0.4, 0.5) is 0 Å². The van der Waals surface area contributed by atoms with Gasteiger partial charge in [0.25, 0.3) is 0 Å². The Kier molecular flexibility index (Phi) is 5.81. The van der Waals surface area contributed by atoms with Gasteiger partial charge in [0.1, 0.15) is 0 Å². The lowest BCUT2D eigenvalue weighted by Gasteiger charge is -2.29. The predicted molar refractivity (Wildman–Crippen MR) is 87.6 cm³/mol. The average Bonchev–Trinajstić information content (AvgIpc) is 2.45. The van der Waals surface area contributed by atoms with Crippen molar-refractivity contribution in [3.63, 3.8) is 0 Å². The standard InChI is InChI=1S/C15H21ClN2O2S/c1-18-9-4-5-13(12-18)11-17-21(19,20)10-8-14-6-2-3-7-15(14)16/h2-3,6-8,10,13,17H,4-5,9,11-12H2,1H3/b10-8+. The van der Waals surface area contributed by atoms with E-state index in [0.717, 1.165) is 25.9 Å². The molecule has 116 valence electrons. The Bertz CT molecular complexity index is 601. The largest absolute Gasteiger partial charge is 0.306 e. The van der Waals surface area contributed by atoms with Gasteiger partial charge < -0.3 is 4.90 Å². The lowest BCUT2D eigenvalue weighted by molar-refractivity contribution is 0.211. The molecule has 1 unspecified atom stereocenters. The van der Waals surface area contributed by atoms with Crippen molar-refractivity contribution < 1.29 is 8.42 Å². The van der Waals surface area contributed by atoms with E-state index in [1.165, 1.54) is 11.5 Å². The highest BCUT2D eigenvalue weighted by Gasteiger charge is 2.18. The van der Waals surface area contributed by atoms with Gasteiger partial charge in [-0.05, 0) is 50.1 Å². The van der Waals surface area contributed by atoms with Crippen LogP contribution in [0.25, 0.3) is 6.08 Å². The van der Waals surface area contributed by atoms with Crippen molar-refractivity contribution in [2.45, 2.75) is 12.8 Å². The van der Waals surface area contributed by atoms with Crippen molar-refractivity contribution >= 4 is 27.7 Å². The molecule has 21 heavy (non-hydrogen) atoms. The fraction of sp³-hybridized carbons (Fsp3) is 0.467. The van der Waals surface area contributed by atoms with Crippen molar-refractivity contribution in [3.8, 4) is 0 Å². The van der Waals surface area contributed by atoms with E-state index in [9.17, 15) is 8.42 Å². The van der Waals surface area contributed by atoms with Crippen LogP contribution >= 0.6 is 11.6 Å². The number of piperidine rings is 1. The first-order valence-corrected chi connectivity index (χ1v) is 8.99. The number of hydrogen-bond acceptors (Lipinski definition) is 3. The Morgan fingerprint density at radius 3 is 2.90 bits per heavy atom. The number of nitrogens with zero attached hydrogens (tertiary/aromatic N) is 1. The van der Waals surface area contributed by atoms with Gasteiger partial charge in [0.15, 0.2) is 0 Å². The number of halogens is 1. The first-order valence-electron chi connectivity index (χ1n) is 7.07. The number of benzene rings is 1. The van der Waals surface area contributed by atoms with Gasteiger partial charge in [0.05, 0.1) is 0 Å². The Hall–Kier alpha value is -0.880. The molecule has 0 bridgehead atoms. The molecule has 2 rings (SSSR count). The molecule has 0 amide bonds. The molecule has 1 N–H and O–H groups in total. The maximum atomic E-state index is 12.0.